The minimum atomic E-state index is -0.518. The van der Waals surface area contributed by atoms with Crippen LogP contribution in [0.25, 0.3) is 0 Å². The predicted molar refractivity (Wildman–Crippen MR) is 104 cm³/mol. The van der Waals surface area contributed by atoms with Gasteiger partial charge in [-0.2, -0.15) is 4.98 Å². The van der Waals surface area contributed by atoms with Crippen molar-refractivity contribution in [2.24, 2.45) is 0 Å². The number of hydrogen-bond acceptors (Lipinski definition) is 6. The van der Waals surface area contributed by atoms with Crippen LogP contribution >= 0.6 is 0 Å². The van der Waals surface area contributed by atoms with Gasteiger partial charge < -0.3 is 15.6 Å². The molecule has 1 aliphatic rings. The van der Waals surface area contributed by atoms with Crippen LogP contribution in [0.5, 0.6) is 0 Å². The van der Waals surface area contributed by atoms with Crippen molar-refractivity contribution in [3.63, 3.8) is 0 Å². The minimum absolute atomic E-state index is 0.0308. The standard InChI is InChI=1S/C20H29N5O2/c1-3-25(4-2)14-18-22-19(24-27-18)20(11-5-6-12-20)23-17(26)13-15-7-9-16(21)10-8-15/h7-10H,3-6,11-14,21H2,1-2H3,(H,23,26). The zero-order valence-corrected chi connectivity index (χ0v) is 16.2. The van der Waals surface area contributed by atoms with Crippen molar-refractivity contribution in [2.75, 3.05) is 18.8 Å². The van der Waals surface area contributed by atoms with Crippen molar-refractivity contribution >= 4 is 11.6 Å². The Morgan fingerprint density at radius 1 is 1.22 bits per heavy atom. The fraction of sp³-hybridized carbons (Fsp3) is 0.550. The first-order valence-corrected chi connectivity index (χ1v) is 9.75. The number of nitrogen functional groups attached to an aromatic ring is 1. The number of carbonyl (C=O) groups is 1. The molecule has 0 spiro atoms. The van der Waals surface area contributed by atoms with Gasteiger partial charge in [0.15, 0.2) is 5.82 Å². The van der Waals surface area contributed by atoms with Crippen LogP contribution in [0.3, 0.4) is 0 Å². The number of hydrogen-bond donors (Lipinski definition) is 2. The van der Waals surface area contributed by atoms with E-state index in [2.05, 4.69) is 34.2 Å². The van der Waals surface area contributed by atoms with E-state index in [4.69, 9.17) is 10.3 Å². The molecule has 0 atom stereocenters. The molecule has 7 heteroatoms. The summed E-state index contributed by atoms with van der Waals surface area (Å²) in [5.41, 5.74) is 6.82. The van der Waals surface area contributed by atoms with E-state index in [9.17, 15) is 4.79 Å². The first-order chi connectivity index (χ1) is 13.0. The van der Waals surface area contributed by atoms with Gasteiger partial charge in [-0.1, -0.05) is 44.0 Å². The first kappa shape index (κ1) is 19.4. The molecule has 1 aromatic heterocycles. The second kappa shape index (κ2) is 8.52. The molecule has 1 amide bonds. The fourth-order valence-corrected chi connectivity index (χ4v) is 3.67. The van der Waals surface area contributed by atoms with Gasteiger partial charge in [0.05, 0.1) is 13.0 Å². The maximum Gasteiger partial charge on any atom is 0.240 e. The lowest BCUT2D eigenvalue weighted by Crippen LogP contribution is -2.45. The number of rotatable bonds is 8. The maximum atomic E-state index is 12.7. The van der Waals surface area contributed by atoms with Crippen LogP contribution in [0.2, 0.25) is 0 Å². The van der Waals surface area contributed by atoms with Crippen LogP contribution in [0.1, 0.15) is 56.8 Å². The van der Waals surface area contributed by atoms with Crippen LogP contribution in [-0.4, -0.2) is 34.0 Å². The van der Waals surface area contributed by atoms with Crippen molar-refractivity contribution in [1.82, 2.24) is 20.4 Å². The normalized spacial score (nSPS) is 16.0. The van der Waals surface area contributed by atoms with E-state index >= 15 is 0 Å². The van der Waals surface area contributed by atoms with E-state index in [-0.39, 0.29) is 5.91 Å². The Hall–Kier alpha value is -2.41. The molecule has 0 saturated heterocycles. The second-order valence-electron chi connectivity index (χ2n) is 7.23. The van der Waals surface area contributed by atoms with Gasteiger partial charge in [-0.15, -0.1) is 0 Å². The van der Waals surface area contributed by atoms with Crippen LogP contribution in [0, 0.1) is 0 Å². The van der Waals surface area contributed by atoms with Crippen molar-refractivity contribution in [3.05, 3.63) is 41.5 Å². The molecule has 3 rings (SSSR count). The highest BCUT2D eigenvalue weighted by atomic mass is 16.5. The molecule has 7 nitrogen and oxygen atoms in total. The minimum Gasteiger partial charge on any atom is -0.399 e. The van der Waals surface area contributed by atoms with Gasteiger partial charge in [-0.3, -0.25) is 9.69 Å². The molecule has 1 saturated carbocycles. The summed E-state index contributed by atoms with van der Waals surface area (Å²) >= 11 is 0. The van der Waals surface area contributed by atoms with Gasteiger partial charge in [0.1, 0.15) is 5.54 Å². The largest absolute Gasteiger partial charge is 0.399 e. The van der Waals surface area contributed by atoms with Crippen LogP contribution in [0.15, 0.2) is 28.8 Å². The van der Waals surface area contributed by atoms with E-state index in [1.807, 2.05) is 24.3 Å². The summed E-state index contributed by atoms with van der Waals surface area (Å²) in [6, 6.07) is 7.39. The zero-order valence-electron chi connectivity index (χ0n) is 16.2. The maximum absolute atomic E-state index is 12.7. The summed E-state index contributed by atoms with van der Waals surface area (Å²) in [6.07, 6.45) is 4.08. The van der Waals surface area contributed by atoms with Crippen molar-refractivity contribution in [3.8, 4) is 0 Å². The summed E-state index contributed by atoms with van der Waals surface area (Å²) in [4.78, 5) is 19.5. The van der Waals surface area contributed by atoms with E-state index in [1.165, 1.54) is 0 Å². The summed E-state index contributed by atoms with van der Waals surface area (Å²) in [5, 5.41) is 7.42. The number of carbonyl (C=O) groups excluding carboxylic acids is 1. The van der Waals surface area contributed by atoms with Gasteiger partial charge in [-0.25, -0.2) is 0 Å². The Labute approximate surface area is 160 Å². The third-order valence-electron chi connectivity index (χ3n) is 5.33. The molecule has 1 aromatic carbocycles. The number of aromatic nitrogens is 2. The number of nitrogens with zero attached hydrogens (tertiary/aromatic N) is 3. The van der Waals surface area contributed by atoms with Crippen molar-refractivity contribution < 1.29 is 9.32 Å². The summed E-state index contributed by atoms with van der Waals surface area (Å²) in [6.45, 7) is 6.71. The highest BCUT2D eigenvalue weighted by molar-refractivity contribution is 5.79. The van der Waals surface area contributed by atoms with Gasteiger partial charge in [-0.05, 0) is 43.6 Å². The molecule has 146 valence electrons. The molecular weight excluding hydrogens is 342 g/mol. The highest BCUT2D eigenvalue weighted by Crippen LogP contribution is 2.37. The fourth-order valence-electron chi connectivity index (χ4n) is 3.67. The van der Waals surface area contributed by atoms with E-state index < -0.39 is 5.54 Å². The summed E-state index contributed by atoms with van der Waals surface area (Å²) < 4.78 is 5.48. The molecule has 0 bridgehead atoms. The number of benzene rings is 1. The smallest absolute Gasteiger partial charge is 0.240 e. The lowest BCUT2D eigenvalue weighted by atomic mass is 9.96. The number of amides is 1. The topological polar surface area (TPSA) is 97.3 Å². The molecule has 2 aromatic rings. The van der Waals surface area contributed by atoms with Gasteiger partial charge in [0.2, 0.25) is 11.8 Å². The molecule has 27 heavy (non-hydrogen) atoms. The van der Waals surface area contributed by atoms with Gasteiger partial charge >= 0.3 is 0 Å². The average molecular weight is 371 g/mol. The molecule has 1 heterocycles. The predicted octanol–water partition coefficient (Wildman–Crippen LogP) is 2.62. The molecule has 0 unspecified atom stereocenters. The quantitative estimate of drug-likeness (QED) is 0.692. The van der Waals surface area contributed by atoms with Gasteiger partial charge in [0.25, 0.3) is 0 Å². The molecule has 3 N–H and O–H groups in total. The highest BCUT2D eigenvalue weighted by Gasteiger charge is 2.41. The van der Waals surface area contributed by atoms with Crippen LogP contribution < -0.4 is 11.1 Å². The number of nitrogens with one attached hydrogen (secondary N) is 1. The average Bonchev–Trinajstić information content (AvgIpc) is 3.32. The monoisotopic (exact) mass is 371 g/mol. The SMILES string of the molecule is CCN(CC)Cc1nc(C2(NC(=O)Cc3ccc(N)cc3)CCCC2)no1. The van der Waals surface area contributed by atoms with Crippen molar-refractivity contribution in [2.45, 2.75) is 58.0 Å². The Bertz CT molecular complexity index is 746. The molecule has 0 radical (unpaired) electrons. The molecule has 1 aliphatic carbocycles. The van der Waals surface area contributed by atoms with E-state index in [0.717, 1.165) is 44.3 Å². The Morgan fingerprint density at radius 2 is 1.89 bits per heavy atom. The third kappa shape index (κ3) is 4.66. The Kier molecular flexibility index (Phi) is 6.11. The summed E-state index contributed by atoms with van der Waals surface area (Å²) in [5.74, 6) is 1.18. The third-order valence-corrected chi connectivity index (χ3v) is 5.33. The zero-order chi connectivity index (χ0) is 19.3. The summed E-state index contributed by atoms with van der Waals surface area (Å²) in [7, 11) is 0. The second-order valence-corrected chi connectivity index (χ2v) is 7.23. The molecule has 1 fully saturated rings. The van der Waals surface area contributed by atoms with E-state index in [1.54, 1.807) is 0 Å². The van der Waals surface area contributed by atoms with E-state index in [0.29, 0.717) is 30.4 Å². The number of anilines is 1. The Balaban J connectivity index is 1.71. The van der Waals surface area contributed by atoms with Crippen LogP contribution in [-0.2, 0) is 23.3 Å². The molecular formula is C20H29N5O2. The van der Waals surface area contributed by atoms with Crippen LogP contribution in [0.4, 0.5) is 5.69 Å². The lowest BCUT2D eigenvalue weighted by molar-refractivity contribution is -0.122. The number of nitrogens with two attached hydrogens (primary N) is 1. The first-order valence-electron chi connectivity index (χ1n) is 9.75. The Morgan fingerprint density at radius 3 is 2.52 bits per heavy atom. The van der Waals surface area contributed by atoms with Gasteiger partial charge in [0, 0.05) is 5.69 Å². The van der Waals surface area contributed by atoms with Crippen molar-refractivity contribution in [1.29, 1.82) is 0 Å². The lowest BCUT2D eigenvalue weighted by Gasteiger charge is -2.26. The molecule has 0 aliphatic heterocycles.